The van der Waals surface area contributed by atoms with E-state index in [9.17, 15) is 10.2 Å². The van der Waals surface area contributed by atoms with Gasteiger partial charge in [0, 0.05) is 23.7 Å². The van der Waals surface area contributed by atoms with Crippen molar-refractivity contribution in [3.8, 4) is 17.2 Å². The number of hydrogen-bond donors (Lipinski definition) is 5. The van der Waals surface area contributed by atoms with Gasteiger partial charge in [0.2, 0.25) is 0 Å². The second-order valence-electron chi connectivity index (χ2n) is 3.11. The molecular formula is C9H13NO4. The standard InChI is InChI=1S/C9H13NO4/c10-5(4-11)1-7-8(13)2-6(12)3-9(7)14/h2-3,5,11-14H,1,4,10H2. The molecule has 0 saturated carbocycles. The van der Waals surface area contributed by atoms with Crippen LogP contribution in [0.3, 0.4) is 0 Å². The molecular weight excluding hydrogens is 186 g/mol. The van der Waals surface area contributed by atoms with Gasteiger partial charge in [0.05, 0.1) is 6.61 Å². The zero-order valence-corrected chi connectivity index (χ0v) is 7.51. The normalized spacial score (nSPS) is 12.7. The van der Waals surface area contributed by atoms with Crippen molar-refractivity contribution in [1.82, 2.24) is 0 Å². The lowest BCUT2D eigenvalue weighted by Gasteiger charge is -2.11. The Labute approximate surface area is 81.0 Å². The number of aliphatic hydroxyl groups excluding tert-OH is 1. The quantitative estimate of drug-likeness (QED) is 0.458. The van der Waals surface area contributed by atoms with Gasteiger partial charge in [-0.15, -0.1) is 0 Å². The van der Waals surface area contributed by atoms with E-state index >= 15 is 0 Å². The fourth-order valence-corrected chi connectivity index (χ4v) is 1.16. The number of nitrogens with two attached hydrogens (primary N) is 1. The van der Waals surface area contributed by atoms with Crippen LogP contribution >= 0.6 is 0 Å². The maximum absolute atomic E-state index is 9.36. The number of phenolic OH excluding ortho intramolecular Hbond substituents is 3. The van der Waals surface area contributed by atoms with Crippen LogP contribution in [-0.2, 0) is 6.42 Å². The summed E-state index contributed by atoms with van der Waals surface area (Å²) in [6.45, 7) is -0.236. The average molecular weight is 199 g/mol. The van der Waals surface area contributed by atoms with Crippen LogP contribution in [0.15, 0.2) is 12.1 Å². The summed E-state index contributed by atoms with van der Waals surface area (Å²) in [4.78, 5) is 0. The zero-order chi connectivity index (χ0) is 10.7. The smallest absolute Gasteiger partial charge is 0.126 e. The molecule has 0 aliphatic rings. The molecule has 0 bridgehead atoms. The van der Waals surface area contributed by atoms with Gasteiger partial charge in [-0.3, -0.25) is 0 Å². The predicted molar refractivity (Wildman–Crippen MR) is 50.2 cm³/mol. The molecule has 6 N–H and O–H groups in total. The fourth-order valence-electron chi connectivity index (χ4n) is 1.16. The maximum Gasteiger partial charge on any atom is 0.126 e. The van der Waals surface area contributed by atoms with Crippen molar-refractivity contribution in [3.05, 3.63) is 17.7 Å². The lowest BCUT2D eigenvalue weighted by atomic mass is 10.0. The first-order valence-corrected chi connectivity index (χ1v) is 4.15. The molecule has 0 fully saturated rings. The van der Waals surface area contributed by atoms with E-state index in [1.54, 1.807) is 0 Å². The van der Waals surface area contributed by atoms with Crippen LogP contribution in [0.1, 0.15) is 5.56 Å². The minimum atomic E-state index is -0.545. The minimum absolute atomic E-state index is 0.147. The van der Waals surface area contributed by atoms with Crippen LogP contribution in [0.2, 0.25) is 0 Å². The fraction of sp³-hybridized carbons (Fsp3) is 0.333. The summed E-state index contributed by atoms with van der Waals surface area (Å²) >= 11 is 0. The molecule has 5 nitrogen and oxygen atoms in total. The largest absolute Gasteiger partial charge is 0.508 e. The Bertz CT molecular complexity index is 304. The van der Waals surface area contributed by atoms with Gasteiger partial charge in [-0.2, -0.15) is 0 Å². The molecule has 0 radical (unpaired) electrons. The lowest BCUT2D eigenvalue weighted by molar-refractivity contribution is 0.263. The highest BCUT2D eigenvalue weighted by Gasteiger charge is 2.12. The number of aromatic hydroxyl groups is 3. The Morgan fingerprint density at radius 1 is 1.14 bits per heavy atom. The molecule has 5 heteroatoms. The van der Waals surface area contributed by atoms with E-state index < -0.39 is 6.04 Å². The van der Waals surface area contributed by atoms with Gasteiger partial charge in [-0.05, 0) is 6.42 Å². The zero-order valence-electron chi connectivity index (χ0n) is 7.51. The highest BCUT2D eigenvalue weighted by Crippen LogP contribution is 2.32. The van der Waals surface area contributed by atoms with Gasteiger partial charge in [-0.25, -0.2) is 0 Å². The molecule has 1 aromatic carbocycles. The second kappa shape index (κ2) is 4.17. The van der Waals surface area contributed by atoms with Gasteiger partial charge in [0.15, 0.2) is 0 Å². The number of hydrogen-bond acceptors (Lipinski definition) is 5. The van der Waals surface area contributed by atoms with Crippen LogP contribution in [0.25, 0.3) is 0 Å². The minimum Gasteiger partial charge on any atom is -0.508 e. The van der Waals surface area contributed by atoms with Crippen molar-refractivity contribution in [3.63, 3.8) is 0 Å². The molecule has 0 aromatic heterocycles. The number of aliphatic hydroxyl groups is 1. The molecule has 0 amide bonds. The predicted octanol–water partition coefficient (Wildman–Crippen LogP) is -0.335. The highest BCUT2D eigenvalue weighted by atomic mass is 16.3. The SMILES string of the molecule is NC(CO)Cc1c(O)cc(O)cc1O. The van der Waals surface area contributed by atoms with E-state index in [0.29, 0.717) is 0 Å². The molecule has 14 heavy (non-hydrogen) atoms. The molecule has 0 saturated heterocycles. The van der Waals surface area contributed by atoms with Crippen molar-refractivity contribution in [2.24, 2.45) is 5.73 Å². The molecule has 78 valence electrons. The summed E-state index contributed by atoms with van der Waals surface area (Å²) in [6, 6.07) is 1.68. The first-order chi connectivity index (χ1) is 6.54. The Balaban J connectivity index is 2.96. The first-order valence-electron chi connectivity index (χ1n) is 4.15. The third-order valence-corrected chi connectivity index (χ3v) is 1.89. The summed E-state index contributed by atoms with van der Waals surface area (Å²) in [6.07, 6.45) is 0.147. The maximum atomic E-state index is 9.36. The van der Waals surface area contributed by atoms with E-state index in [0.717, 1.165) is 12.1 Å². The van der Waals surface area contributed by atoms with Crippen LogP contribution in [0.5, 0.6) is 17.2 Å². The van der Waals surface area contributed by atoms with Gasteiger partial charge < -0.3 is 26.2 Å². The monoisotopic (exact) mass is 199 g/mol. The summed E-state index contributed by atoms with van der Waals surface area (Å²) in [5.41, 5.74) is 5.67. The summed E-state index contributed by atoms with van der Waals surface area (Å²) in [5.74, 6) is -0.681. The van der Waals surface area contributed by atoms with Crippen molar-refractivity contribution >= 4 is 0 Å². The van der Waals surface area contributed by atoms with Gasteiger partial charge >= 0.3 is 0 Å². The third-order valence-electron chi connectivity index (χ3n) is 1.89. The van der Waals surface area contributed by atoms with Crippen molar-refractivity contribution in [2.45, 2.75) is 12.5 Å². The number of phenols is 3. The Morgan fingerprint density at radius 2 is 1.64 bits per heavy atom. The molecule has 1 unspecified atom stereocenters. The molecule has 0 aliphatic heterocycles. The van der Waals surface area contributed by atoms with E-state index in [2.05, 4.69) is 0 Å². The van der Waals surface area contributed by atoms with E-state index in [1.165, 1.54) is 0 Å². The summed E-state index contributed by atoms with van der Waals surface area (Å²) in [7, 11) is 0. The second-order valence-corrected chi connectivity index (χ2v) is 3.11. The third kappa shape index (κ3) is 2.27. The van der Waals surface area contributed by atoms with E-state index in [4.69, 9.17) is 15.9 Å². The lowest BCUT2D eigenvalue weighted by Crippen LogP contribution is -2.26. The topological polar surface area (TPSA) is 107 Å². The van der Waals surface area contributed by atoms with Gasteiger partial charge in [0.1, 0.15) is 17.2 Å². The van der Waals surface area contributed by atoms with E-state index in [-0.39, 0.29) is 35.8 Å². The Morgan fingerprint density at radius 3 is 2.07 bits per heavy atom. The van der Waals surface area contributed by atoms with Crippen LogP contribution in [0, 0.1) is 0 Å². The van der Waals surface area contributed by atoms with Crippen LogP contribution in [0.4, 0.5) is 0 Å². The Hall–Kier alpha value is -1.46. The summed E-state index contributed by atoms with van der Waals surface area (Å²) < 4.78 is 0. The van der Waals surface area contributed by atoms with Crippen molar-refractivity contribution < 1.29 is 20.4 Å². The molecule has 0 aliphatic carbocycles. The number of rotatable bonds is 3. The molecule has 0 spiro atoms. The van der Waals surface area contributed by atoms with Crippen molar-refractivity contribution in [2.75, 3.05) is 6.61 Å². The molecule has 0 heterocycles. The average Bonchev–Trinajstić information content (AvgIpc) is 2.10. The molecule has 1 atom stereocenters. The van der Waals surface area contributed by atoms with Crippen molar-refractivity contribution in [1.29, 1.82) is 0 Å². The first kappa shape index (κ1) is 10.6. The molecule has 1 rings (SSSR count). The highest BCUT2D eigenvalue weighted by molar-refractivity contribution is 5.48. The van der Waals surface area contributed by atoms with Gasteiger partial charge in [-0.1, -0.05) is 0 Å². The van der Waals surface area contributed by atoms with Crippen LogP contribution in [-0.4, -0.2) is 33.1 Å². The van der Waals surface area contributed by atoms with E-state index in [1.807, 2.05) is 0 Å². The summed E-state index contributed by atoms with van der Waals surface area (Å²) in [5, 5.41) is 36.4. The number of benzene rings is 1. The Kier molecular flexibility index (Phi) is 3.16. The van der Waals surface area contributed by atoms with Gasteiger partial charge in [0.25, 0.3) is 0 Å². The van der Waals surface area contributed by atoms with Crippen LogP contribution < -0.4 is 5.73 Å². The molecule has 1 aromatic rings.